The van der Waals surface area contributed by atoms with Gasteiger partial charge in [0.1, 0.15) is 18.0 Å². The lowest BCUT2D eigenvalue weighted by Crippen LogP contribution is -2.02. The number of fused-ring (bicyclic) bond motifs is 1. The predicted octanol–water partition coefficient (Wildman–Crippen LogP) is 1.63. The molecule has 3 rings (SSSR count). The first-order valence-corrected chi connectivity index (χ1v) is 5.92. The minimum absolute atomic E-state index is 0.184. The van der Waals surface area contributed by atoms with Crippen molar-refractivity contribution in [3.05, 3.63) is 41.7 Å². The Labute approximate surface area is 114 Å². The lowest BCUT2D eigenvalue weighted by atomic mass is 10.2. The van der Waals surface area contributed by atoms with Gasteiger partial charge in [0.2, 0.25) is 5.95 Å². The van der Waals surface area contributed by atoms with Crippen LogP contribution in [0.25, 0.3) is 5.65 Å². The van der Waals surface area contributed by atoms with E-state index in [9.17, 15) is 5.26 Å². The summed E-state index contributed by atoms with van der Waals surface area (Å²) in [6.07, 6.45) is 1.31. The van der Waals surface area contributed by atoms with Crippen LogP contribution in [0.4, 0.5) is 17.5 Å². The molecule has 20 heavy (non-hydrogen) atoms. The molecule has 2 heterocycles. The van der Waals surface area contributed by atoms with E-state index >= 15 is 0 Å². The van der Waals surface area contributed by atoms with E-state index in [2.05, 4.69) is 26.5 Å². The van der Waals surface area contributed by atoms with Crippen molar-refractivity contribution < 1.29 is 0 Å². The quantitative estimate of drug-likeness (QED) is 0.729. The van der Waals surface area contributed by atoms with Crippen LogP contribution in [-0.4, -0.2) is 19.6 Å². The lowest BCUT2D eigenvalue weighted by Gasteiger charge is -2.03. The molecule has 0 bridgehead atoms. The van der Waals surface area contributed by atoms with Crippen LogP contribution in [0.15, 0.2) is 30.6 Å². The number of nitrogens with one attached hydrogen (secondary N) is 1. The fourth-order valence-corrected chi connectivity index (χ4v) is 1.85. The predicted molar refractivity (Wildman–Crippen MR) is 74.4 cm³/mol. The van der Waals surface area contributed by atoms with Crippen molar-refractivity contribution in [2.45, 2.75) is 6.92 Å². The standard InChI is InChI=1S/C13H11N7/c1-8-2-4-9(5-3-8)18-11-10(6-14)12-16-7-17-13(15)20(12)19-11/h2-5,7H,1H3,(H,18,19)(H2,15,16,17). The van der Waals surface area contributed by atoms with Crippen LogP contribution < -0.4 is 11.1 Å². The van der Waals surface area contributed by atoms with Crippen LogP contribution in [0.1, 0.15) is 11.1 Å². The van der Waals surface area contributed by atoms with Gasteiger partial charge in [-0.15, -0.1) is 5.10 Å². The molecular weight excluding hydrogens is 254 g/mol. The summed E-state index contributed by atoms with van der Waals surface area (Å²) in [7, 11) is 0. The third-order valence-corrected chi connectivity index (χ3v) is 2.87. The van der Waals surface area contributed by atoms with Crippen molar-refractivity contribution in [3.8, 4) is 6.07 Å². The number of anilines is 3. The van der Waals surface area contributed by atoms with Crippen molar-refractivity contribution in [2.75, 3.05) is 11.1 Å². The maximum absolute atomic E-state index is 9.27. The summed E-state index contributed by atoms with van der Waals surface area (Å²) in [5.74, 6) is 0.590. The van der Waals surface area contributed by atoms with E-state index in [1.165, 1.54) is 10.8 Å². The molecule has 3 aromatic rings. The molecule has 7 heteroatoms. The maximum atomic E-state index is 9.27. The Hall–Kier alpha value is -3.14. The van der Waals surface area contributed by atoms with Crippen LogP contribution in [0.3, 0.4) is 0 Å². The van der Waals surface area contributed by atoms with E-state index in [0.717, 1.165) is 11.3 Å². The average molecular weight is 265 g/mol. The van der Waals surface area contributed by atoms with Crippen LogP contribution in [-0.2, 0) is 0 Å². The van der Waals surface area contributed by atoms with Gasteiger partial charge in [0.05, 0.1) is 0 Å². The zero-order chi connectivity index (χ0) is 14.1. The number of nitrogens with two attached hydrogens (primary N) is 1. The Morgan fingerprint density at radius 3 is 2.70 bits per heavy atom. The normalized spacial score (nSPS) is 10.4. The summed E-state index contributed by atoms with van der Waals surface area (Å²) in [5.41, 5.74) is 8.42. The largest absolute Gasteiger partial charge is 0.368 e. The topological polar surface area (TPSA) is 105 Å². The lowest BCUT2D eigenvalue weighted by molar-refractivity contribution is 0.912. The van der Waals surface area contributed by atoms with Crippen LogP contribution in [0.2, 0.25) is 0 Å². The molecule has 0 fully saturated rings. The molecule has 98 valence electrons. The van der Waals surface area contributed by atoms with Gasteiger partial charge in [-0.05, 0) is 19.1 Å². The first kappa shape index (κ1) is 11.9. The van der Waals surface area contributed by atoms with Gasteiger partial charge in [-0.1, -0.05) is 17.7 Å². The second-order valence-corrected chi connectivity index (χ2v) is 4.29. The van der Waals surface area contributed by atoms with Crippen molar-refractivity contribution in [2.24, 2.45) is 0 Å². The van der Waals surface area contributed by atoms with E-state index in [-0.39, 0.29) is 5.95 Å². The van der Waals surface area contributed by atoms with Gasteiger partial charge in [0, 0.05) is 5.69 Å². The Balaban J connectivity index is 2.10. The Kier molecular flexibility index (Phi) is 2.69. The molecule has 3 N–H and O–H groups in total. The molecule has 1 aromatic carbocycles. The van der Waals surface area contributed by atoms with Gasteiger partial charge in [-0.25, -0.2) is 9.97 Å². The number of rotatable bonds is 2. The molecule has 0 aliphatic rings. The fourth-order valence-electron chi connectivity index (χ4n) is 1.85. The Morgan fingerprint density at radius 1 is 1.25 bits per heavy atom. The molecule has 0 spiro atoms. The highest BCUT2D eigenvalue weighted by molar-refractivity contribution is 5.72. The molecule has 0 amide bonds. The third-order valence-electron chi connectivity index (χ3n) is 2.87. The van der Waals surface area contributed by atoms with Gasteiger partial charge in [0.25, 0.3) is 0 Å². The summed E-state index contributed by atoms with van der Waals surface area (Å²) < 4.78 is 1.34. The minimum Gasteiger partial charge on any atom is -0.368 e. The molecule has 0 aliphatic heterocycles. The summed E-state index contributed by atoms with van der Waals surface area (Å²) in [5, 5.41) is 16.6. The first-order valence-electron chi connectivity index (χ1n) is 5.92. The summed E-state index contributed by atoms with van der Waals surface area (Å²) in [4.78, 5) is 7.88. The van der Waals surface area contributed by atoms with E-state index < -0.39 is 0 Å². The molecule has 7 nitrogen and oxygen atoms in total. The van der Waals surface area contributed by atoms with Crippen molar-refractivity contribution >= 4 is 23.1 Å². The van der Waals surface area contributed by atoms with Crippen molar-refractivity contribution in [3.63, 3.8) is 0 Å². The second-order valence-electron chi connectivity index (χ2n) is 4.29. The molecule has 0 radical (unpaired) electrons. The van der Waals surface area contributed by atoms with E-state index in [1.54, 1.807) is 0 Å². The van der Waals surface area contributed by atoms with E-state index in [0.29, 0.717) is 17.0 Å². The molecular formula is C13H11N7. The number of aromatic nitrogens is 4. The van der Waals surface area contributed by atoms with Gasteiger partial charge in [-0.3, -0.25) is 0 Å². The van der Waals surface area contributed by atoms with Crippen LogP contribution in [0.5, 0.6) is 0 Å². The minimum atomic E-state index is 0.184. The van der Waals surface area contributed by atoms with E-state index in [4.69, 9.17) is 5.73 Å². The summed E-state index contributed by atoms with van der Waals surface area (Å²) in [6.45, 7) is 2.01. The number of hydrogen-bond acceptors (Lipinski definition) is 6. The molecule has 0 saturated carbocycles. The maximum Gasteiger partial charge on any atom is 0.224 e. The summed E-state index contributed by atoms with van der Waals surface area (Å²) in [6, 6.07) is 9.85. The highest BCUT2D eigenvalue weighted by Crippen LogP contribution is 2.23. The Bertz CT molecular complexity index is 811. The zero-order valence-electron chi connectivity index (χ0n) is 10.7. The van der Waals surface area contributed by atoms with Crippen LogP contribution >= 0.6 is 0 Å². The van der Waals surface area contributed by atoms with Gasteiger partial charge in [0.15, 0.2) is 11.5 Å². The van der Waals surface area contributed by atoms with Crippen LogP contribution in [0, 0.1) is 18.3 Å². The third kappa shape index (κ3) is 1.89. The fraction of sp³-hybridized carbons (Fsp3) is 0.0769. The molecule has 2 aromatic heterocycles. The van der Waals surface area contributed by atoms with Crippen molar-refractivity contribution in [1.82, 2.24) is 19.6 Å². The number of nitriles is 1. The molecule has 0 atom stereocenters. The second kappa shape index (κ2) is 4.51. The smallest absolute Gasteiger partial charge is 0.224 e. The van der Waals surface area contributed by atoms with Gasteiger partial charge < -0.3 is 11.1 Å². The monoisotopic (exact) mass is 265 g/mol. The number of nitrogens with zero attached hydrogens (tertiary/aromatic N) is 5. The van der Waals surface area contributed by atoms with Crippen molar-refractivity contribution in [1.29, 1.82) is 5.26 Å². The molecule has 0 saturated heterocycles. The Morgan fingerprint density at radius 2 is 2.00 bits per heavy atom. The highest BCUT2D eigenvalue weighted by Gasteiger charge is 2.15. The number of nitrogen functional groups attached to an aromatic ring is 1. The average Bonchev–Trinajstić information content (AvgIpc) is 2.80. The summed E-state index contributed by atoms with van der Waals surface area (Å²) >= 11 is 0. The molecule has 0 aliphatic carbocycles. The van der Waals surface area contributed by atoms with Gasteiger partial charge >= 0.3 is 0 Å². The molecule has 0 unspecified atom stereocenters. The number of benzene rings is 1. The van der Waals surface area contributed by atoms with Gasteiger partial charge in [-0.2, -0.15) is 9.78 Å². The first-order chi connectivity index (χ1) is 9.69. The highest BCUT2D eigenvalue weighted by atomic mass is 15.4. The number of aryl methyl sites for hydroxylation is 1. The number of hydrogen-bond donors (Lipinski definition) is 2. The van der Waals surface area contributed by atoms with E-state index in [1.807, 2.05) is 31.2 Å². The SMILES string of the molecule is Cc1ccc(Nc2nn3c(N)ncnc3c2C#N)cc1. The zero-order valence-corrected chi connectivity index (χ0v) is 10.7.